The standard InChI is InChI=1S/C24H25N3O3S/c1-29-14-13-27-21-6-4-3-5-18(21)15-22(27)24-26-20(16-31-24)23(28)25-12-11-17-7-9-19(30-2)10-8-17/h3-10,15-16H,11-14H2,1-2H3,(H,25,28). The zero-order valence-electron chi connectivity index (χ0n) is 17.6. The molecule has 1 amide bonds. The number of nitrogens with one attached hydrogen (secondary N) is 1. The van der Waals surface area contributed by atoms with Crippen LogP contribution in [0.15, 0.2) is 60.0 Å². The number of fused-ring (bicyclic) bond motifs is 1. The molecule has 0 fully saturated rings. The van der Waals surface area contributed by atoms with Crippen LogP contribution in [0.4, 0.5) is 0 Å². The number of hydrogen-bond donors (Lipinski definition) is 1. The van der Waals surface area contributed by atoms with Gasteiger partial charge in [-0.15, -0.1) is 11.3 Å². The highest BCUT2D eigenvalue weighted by molar-refractivity contribution is 7.13. The molecule has 4 rings (SSSR count). The summed E-state index contributed by atoms with van der Waals surface area (Å²) in [5.74, 6) is 0.668. The largest absolute Gasteiger partial charge is 0.497 e. The molecule has 2 heterocycles. The lowest BCUT2D eigenvalue weighted by molar-refractivity contribution is 0.0950. The SMILES string of the molecule is COCCn1c(-c2nc(C(=O)NCCc3ccc(OC)cc3)cs2)cc2ccccc21. The van der Waals surface area contributed by atoms with Gasteiger partial charge in [0.25, 0.3) is 5.91 Å². The van der Waals surface area contributed by atoms with Crippen LogP contribution in [0.3, 0.4) is 0 Å². The quantitative estimate of drug-likeness (QED) is 0.423. The second-order valence-corrected chi connectivity index (χ2v) is 7.98. The predicted molar refractivity (Wildman–Crippen MR) is 124 cm³/mol. The average Bonchev–Trinajstić information content (AvgIpc) is 3.43. The van der Waals surface area contributed by atoms with Crippen LogP contribution in [-0.2, 0) is 17.7 Å². The first kappa shape index (κ1) is 21.1. The Balaban J connectivity index is 1.45. The molecule has 7 heteroatoms. The summed E-state index contributed by atoms with van der Waals surface area (Å²) in [6.07, 6.45) is 0.748. The number of benzene rings is 2. The highest BCUT2D eigenvalue weighted by Gasteiger charge is 2.16. The molecule has 0 saturated carbocycles. The van der Waals surface area contributed by atoms with Crippen LogP contribution in [0.2, 0.25) is 0 Å². The summed E-state index contributed by atoms with van der Waals surface area (Å²) in [6.45, 7) is 1.88. The van der Waals surface area contributed by atoms with Gasteiger partial charge in [-0.1, -0.05) is 30.3 Å². The first-order valence-corrected chi connectivity index (χ1v) is 11.0. The Morgan fingerprint density at radius 3 is 2.71 bits per heavy atom. The van der Waals surface area contributed by atoms with Crippen molar-refractivity contribution in [3.63, 3.8) is 0 Å². The number of rotatable bonds is 9. The number of ether oxygens (including phenoxy) is 2. The number of carbonyl (C=O) groups is 1. The molecule has 2 aromatic carbocycles. The van der Waals surface area contributed by atoms with Gasteiger partial charge in [0.1, 0.15) is 16.5 Å². The van der Waals surface area contributed by atoms with Gasteiger partial charge in [-0.25, -0.2) is 4.98 Å². The molecule has 0 radical (unpaired) electrons. The van der Waals surface area contributed by atoms with Gasteiger partial charge in [-0.05, 0) is 36.2 Å². The summed E-state index contributed by atoms with van der Waals surface area (Å²) >= 11 is 1.48. The third-order valence-corrected chi connectivity index (χ3v) is 6.01. The maximum absolute atomic E-state index is 12.6. The van der Waals surface area contributed by atoms with E-state index in [1.807, 2.05) is 41.8 Å². The summed E-state index contributed by atoms with van der Waals surface area (Å²) < 4.78 is 12.7. The lowest BCUT2D eigenvalue weighted by Gasteiger charge is -2.08. The van der Waals surface area contributed by atoms with Crippen molar-refractivity contribution < 1.29 is 14.3 Å². The summed E-state index contributed by atoms with van der Waals surface area (Å²) in [7, 11) is 3.34. The van der Waals surface area contributed by atoms with Crippen molar-refractivity contribution >= 4 is 28.1 Å². The highest BCUT2D eigenvalue weighted by Crippen LogP contribution is 2.30. The number of carbonyl (C=O) groups excluding carboxylic acids is 1. The molecule has 0 aliphatic carbocycles. The molecule has 0 atom stereocenters. The molecule has 0 aliphatic heterocycles. The monoisotopic (exact) mass is 435 g/mol. The second-order valence-electron chi connectivity index (χ2n) is 7.12. The zero-order valence-corrected chi connectivity index (χ0v) is 18.4. The third-order valence-electron chi connectivity index (χ3n) is 5.14. The smallest absolute Gasteiger partial charge is 0.270 e. The van der Waals surface area contributed by atoms with E-state index in [9.17, 15) is 4.79 Å². The second kappa shape index (κ2) is 9.76. The number of para-hydroxylation sites is 1. The maximum Gasteiger partial charge on any atom is 0.270 e. The maximum atomic E-state index is 12.6. The fraction of sp³-hybridized carbons (Fsp3) is 0.250. The van der Waals surface area contributed by atoms with E-state index >= 15 is 0 Å². The summed E-state index contributed by atoms with van der Waals surface area (Å²) in [4.78, 5) is 17.2. The topological polar surface area (TPSA) is 65.4 Å². The van der Waals surface area contributed by atoms with E-state index in [0.29, 0.717) is 18.8 Å². The fourth-order valence-corrected chi connectivity index (χ4v) is 4.33. The van der Waals surface area contributed by atoms with Gasteiger partial charge in [0.2, 0.25) is 0 Å². The third kappa shape index (κ3) is 4.78. The molecule has 160 valence electrons. The fourth-order valence-electron chi connectivity index (χ4n) is 3.51. The van der Waals surface area contributed by atoms with Gasteiger partial charge in [0, 0.05) is 36.5 Å². The molecule has 0 aliphatic rings. The first-order chi connectivity index (χ1) is 15.2. The van der Waals surface area contributed by atoms with E-state index in [0.717, 1.165) is 45.9 Å². The van der Waals surface area contributed by atoms with Gasteiger partial charge in [-0.2, -0.15) is 0 Å². The van der Waals surface area contributed by atoms with Gasteiger partial charge in [-0.3, -0.25) is 4.79 Å². The van der Waals surface area contributed by atoms with E-state index in [2.05, 4.69) is 33.1 Å². The Bertz CT molecular complexity index is 1160. The van der Waals surface area contributed by atoms with Crippen LogP contribution in [-0.4, -0.2) is 42.8 Å². The minimum atomic E-state index is -0.157. The Labute approximate surface area is 185 Å². The average molecular weight is 436 g/mol. The highest BCUT2D eigenvalue weighted by atomic mass is 32.1. The van der Waals surface area contributed by atoms with Crippen LogP contribution < -0.4 is 10.1 Å². The molecule has 0 saturated heterocycles. The van der Waals surface area contributed by atoms with Crippen LogP contribution in [0.25, 0.3) is 21.6 Å². The number of hydrogen-bond acceptors (Lipinski definition) is 5. The van der Waals surface area contributed by atoms with Crippen molar-refractivity contribution in [2.24, 2.45) is 0 Å². The first-order valence-electron chi connectivity index (χ1n) is 10.1. The summed E-state index contributed by atoms with van der Waals surface area (Å²) in [5.41, 5.74) is 3.72. The number of nitrogens with zero attached hydrogens (tertiary/aromatic N) is 2. The molecule has 6 nitrogen and oxygen atoms in total. The van der Waals surface area contributed by atoms with E-state index in [4.69, 9.17) is 9.47 Å². The van der Waals surface area contributed by atoms with Crippen molar-refractivity contribution in [3.05, 3.63) is 71.2 Å². The van der Waals surface area contributed by atoms with Crippen molar-refractivity contribution in [2.75, 3.05) is 27.4 Å². The molecular weight excluding hydrogens is 410 g/mol. The normalized spacial score (nSPS) is 11.0. The van der Waals surface area contributed by atoms with Crippen LogP contribution >= 0.6 is 11.3 Å². The Hall–Kier alpha value is -3.16. The molecule has 0 unspecified atom stereocenters. The van der Waals surface area contributed by atoms with Gasteiger partial charge in [0.05, 0.1) is 19.4 Å². The molecule has 31 heavy (non-hydrogen) atoms. The lowest BCUT2D eigenvalue weighted by Crippen LogP contribution is -2.25. The van der Waals surface area contributed by atoms with Crippen LogP contribution in [0, 0.1) is 0 Å². The molecule has 4 aromatic rings. The number of thiazole rings is 1. The summed E-state index contributed by atoms with van der Waals surface area (Å²) in [6, 6.07) is 18.2. The molecule has 0 spiro atoms. The molecular formula is C24H25N3O3S. The summed E-state index contributed by atoms with van der Waals surface area (Å²) in [5, 5.41) is 6.75. The Morgan fingerprint density at radius 2 is 1.94 bits per heavy atom. The van der Waals surface area contributed by atoms with Crippen molar-refractivity contribution in [1.29, 1.82) is 0 Å². The minimum Gasteiger partial charge on any atom is -0.497 e. The van der Waals surface area contributed by atoms with E-state index in [1.165, 1.54) is 11.3 Å². The molecule has 0 bridgehead atoms. The van der Waals surface area contributed by atoms with Gasteiger partial charge in [0.15, 0.2) is 0 Å². The van der Waals surface area contributed by atoms with Crippen molar-refractivity contribution in [3.8, 4) is 16.5 Å². The van der Waals surface area contributed by atoms with Crippen molar-refractivity contribution in [2.45, 2.75) is 13.0 Å². The Morgan fingerprint density at radius 1 is 1.13 bits per heavy atom. The lowest BCUT2D eigenvalue weighted by atomic mass is 10.1. The predicted octanol–water partition coefficient (Wildman–Crippen LogP) is 4.39. The number of methoxy groups -OCH3 is 2. The van der Waals surface area contributed by atoms with Crippen molar-refractivity contribution in [1.82, 2.24) is 14.9 Å². The van der Waals surface area contributed by atoms with Crippen LogP contribution in [0.1, 0.15) is 16.1 Å². The van der Waals surface area contributed by atoms with Crippen LogP contribution in [0.5, 0.6) is 5.75 Å². The molecule has 1 N–H and O–H groups in total. The number of aromatic nitrogens is 2. The minimum absolute atomic E-state index is 0.157. The van der Waals surface area contributed by atoms with E-state index in [1.54, 1.807) is 14.2 Å². The van der Waals surface area contributed by atoms with Gasteiger partial charge >= 0.3 is 0 Å². The van der Waals surface area contributed by atoms with Gasteiger partial charge < -0.3 is 19.4 Å². The van der Waals surface area contributed by atoms with E-state index in [-0.39, 0.29) is 5.91 Å². The zero-order chi connectivity index (χ0) is 21.6. The van der Waals surface area contributed by atoms with E-state index < -0.39 is 0 Å². The molecule has 2 aromatic heterocycles. The Kier molecular flexibility index (Phi) is 6.64. The number of amides is 1.